The van der Waals surface area contributed by atoms with Crippen LogP contribution in [0, 0.1) is 5.41 Å². The van der Waals surface area contributed by atoms with Gasteiger partial charge in [-0.15, -0.1) is 12.4 Å². The minimum atomic E-state index is -3.96. The van der Waals surface area contributed by atoms with Crippen molar-refractivity contribution in [2.24, 2.45) is 5.73 Å². The fraction of sp³-hybridized carbons (Fsp3) is 0.296. The van der Waals surface area contributed by atoms with Crippen molar-refractivity contribution in [2.75, 3.05) is 19.6 Å². The van der Waals surface area contributed by atoms with Crippen LogP contribution in [-0.2, 0) is 21.4 Å². The summed E-state index contributed by atoms with van der Waals surface area (Å²) < 4.78 is 28.0. The molecule has 0 saturated carbocycles. The average molecular weight is 573 g/mol. The van der Waals surface area contributed by atoms with Gasteiger partial charge in [-0.3, -0.25) is 15.6 Å². The lowest BCUT2D eigenvalue weighted by molar-refractivity contribution is -0.124. The second-order valence-corrected chi connectivity index (χ2v) is 11.0. The van der Waals surface area contributed by atoms with E-state index < -0.39 is 22.5 Å². The molecule has 1 aliphatic rings. The van der Waals surface area contributed by atoms with Crippen LogP contribution in [0.5, 0.6) is 0 Å². The number of hydrogen-bond donors (Lipinski definition) is 4. The number of carbonyl (C=O) groups is 2. The molecule has 3 amide bonds. The predicted molar refractivity (Wildman–Crippen MR) is 153 cm³/mol. The fourth-order valence-electron chi connectivity index (χ4n) is 4.33. The molecule has 12 heteroatoms. The summed E-state index contributed by atoms with van der Waals surface area (Å²) in [6.07, 6.45) is 3.84. The molecule has 1 heterocycles. The number of urea groups is 1. The van der Waals surface area contributed by atoms with E-state index in [1.54, 1.807) is 41.3 Å². The van der Waals surface area contributed by atoms with Crippen molar-refractivity contribution < 1.29 is 18.0 Å². The molecule has 1 fully saturated rings. The van der Waals surface area contributed by atoms with Gasteiger partial charge in [-0.2, -0.15) is 0 Å². The largest absolute Gasteiger partial charge is 0.384 e. The number of fused-ring (bicyclic) bond motifs is 1. The molecule has 1 aliphatic heterocycles. The highest BCUT2D eigenvalue weighted by molar-refractivity contribution is 7.89. The number of nitrogen functional groups attached to an aromatic ring is 1. The number of amidine groups is 1. The number of nitrogens with one attached hydrogen (secondary N) is 3. The van der Waals surface area contributed by atoms with Crippen LogP contribution in [0.15, 0.2) is 71.6 Å². The quantitative estimate of drug-likeness (QED) is 0.195. The maximum absolute atomic E-state index is 13.4. The first kappa shape index (κ1) is 29.9. The zero-order chi connectivity index (χ0) is 27.1. The van der Waals surface area contributed by atoms with Crippen LogP contribution in [0.1, 0.15) is 36.8 Å². The summed E-state index contributed by atoms with van der Waals surface area (Å²) >= 11 is 0. The van der Waals surface area contributed by atoms with E-state index >= 15 is 0 Å². The topological polar surface area (TPSA) is 149 Å². The Balaban J connectivity index is 0.00000420. The van der Waals surface area contributed by atoms with E-state index in [0.717, 1.165) is 42.0 Å². The highest BCUT2D eigenvalue weighted by Crippen LogP contribution is 2.19. The highest BCUT2D eigenvalue weighted by Gasteiger charge is 2.25. The second kappa shape index (κ2) is 13.4. The Morgan fingerprint density at radius 2 is 1.56 bits per heavy atom. The van der Waals surface area contributed by atoms with Gasteiger partial charge in [0.2, 0.25) is 10.0 Å². The molecule has 0 aromatic heterocycles. The van der Waals surface area contributed by atoms with Crippen molar-refractivity contribution in [3.63, 3.8) is 0 Å². The number of hydrogen-bond acceptors (Lipinski definition) is 5. The SMILES string of the molecule is Cl.N=C(N)c1ccc(CN(NC(=O)CNS(=O)(=O)c2ccc3ccccc3c2)C(=O)N2CCCCCC2)cc1. The molecular formula is C27H33ClN6O4S. The third kappa shape index (κ3) is 7.92. The summed E-state index contributed by atoms with van der Waals surface area (Å²) in [7, 11) is -3.96. The molecule has 4 rings (SSSR count). The molecule has 3 aromatic rings. The van der Waals surface area contributed by atoms with Gasteiger partial charge < -0.3 is 10.6 Å². The van der Waals surface area contributed by atoms with Crippen LogP contribution < -0.4 is 15.9 Å². The number of nitrogens with zero attached hydrogens (tertiary/aromatic N) is 2. The van der Waals surface area contributed by atoms with Crippen molar-refractivity contribution >= 4 is 51.0 Å². The Kier molecular flexibility index (Phi) is 10.3. The van der Waals surface area contributed by atoms with E-state index in [9.17, 15) is 18.0 Å². The number of hydrazine groups is 1. The molecule has 10 nitrogen and oxygen atoms in total. The van der Waals surface area contributed by atoms with E-state index in [1.807, 2.05) is 24.3 Å². The Labute approximate surface area is 234 Å². The maximum Gasteiger partial charge on any atom is 0.339 e. The van der Waals surface area contributed by atoms with E-state index in [2.05, 4.69) is 10.1 Å². The average Bonchev–Trinajstić information content (AvgIpc) is 3.21. The summed E-state index contributed by atoms with van der Waals surface area (Å²) in [5.74, 6) is -0.737. The normalized spacial score (nSPS) is 13.7. The molecule has 5 N–H and O–H groups in total. The van der Waals surface area contributed by atoms with Crippen LogP contribution in [0.2, 0.25) is 0 Å². The molecule has 0 radical (unpaired) electrons. The maximum atomic E-state index is 13.4. The molecular weight excluding hydrogens is 540 g/mol. The molecule has 0 bridgehead atoms. The first-order valence-electron chi connectivity index (χ1n) is 12.5. The number of sulfonamides is 1. The Morgan fingerprint density at radius 1 is 0.923 bits per heavy atom. The van der Waals surface area contributed by atoms with Gasteiger partial charge in [0.05, 0.1) is 18.0 Å². The second-order valence-electron chi connectivity index (χ2n) is 9.25. The van der Waals surface area contributed by atoms with Gasteiger partial charge in [-0.05, 0) is 41.3 Å². The van der Waals surface area contributed by atoms with Crippen LogP contribution in [0.4, 0.5) is 4.79 Å². The lowest BCUT2D eigenvalue weighted by Crippen LogP contribution is -2.53. The van der Waals surface area contributed by atoms with Gasteiger partial charge in [0.25, 0.3) is 5.91 Å². The molecule has 39 heavy (non-hydrogen) atoms. The van der Waals surface area contributed by atoms with Gasteiger partial charge in [0.1, 0.15) is 5.84 Å². The number of halogens is 1. The Hall–Kier alpha value is -3.67. The van der Waals surface area contributed by atoms with Crippen molar-refractivity contribution in [1.29, 1.82) is 5.41 Å². The van der Waals surface area contributed by atoms with E-state index in [0.29, 0.717) is 18.7 Å². The van der Waals surface area contributed by atoms with Crippen molar-refractivity contribution in [3.05, 3.63) is 77.9 Å². The van der Waals surface area contributed by atoms with Gasteiger partial charge in [-0.25, -0.2) is 22.9 Å². The van der Waals surface area contributed by atoms with Crippen LogP contribution >= 0.6 is 12.4 Å². The third-order valence-corrected chi connectivity index (χ3v) is 7.83. The first-order chi connectivity index (χ1) is 18.2. The molecule has 0 atom stereocenters. The number of rotatable bonds is 7. The number of carbonyl (C=O) groups excluding carboxylic acids is 2. The smallest absolute Gasteiger partial charge is 0.339 e. The molecule has 0 aliphatic carbocycles. The zero-order valence-corrected chi connectivity index (χ0v) is 23.1. The van der Waals surface area contributed by atoms with Crippen LogP contribution in [0.3, 0.4) is 0 Å². The Bertz CT molecular complexity index is 1420. The van der Waals surface area contributed by atoms with E-state index in [4.69, 9.17) is 11.1 Å². The third-order valence-electron chi connectivity index (χ3n) is 6.43. The molecule has 0 unspecified atom stereocenters. The van der Waals surface area contributed by atoms with Crippen LogP contribution in [0.25, 0.3) is 10.8 Å². The molecule has 208 valence electrons. The fourth-order valence-corrected chi connectivity index (χ4v) is 5.35. The van der Waals surface area contributed by atoms with Crippen LogP contribution in [-0.4, -0.2) is 55.7 Å². The number of benzene rings is 3. The lowest BCUT2D eigenvalue weighted by Gasteiger charge is -2.30. The zero-order valence-electron chi connectivity index (χ0n) is 21.4. The molecule has 3 aromatic carbocycles. The number of amides is 3. The summed E-state index contributed by atoms with van der Waals surface area (Å²) in [6, 6.07) is 18.6. The minimum absolute atomic E-state index is 0. The first-order valence-corrected chi connectivity index (χ1v) is 14.0. The lowest BCUT2D eigenvalue weighted by atomic mass is 10.1. The highest BCUT2D eigenvalue weighted by atomic mass is 35.5. The summed E-state index contributed by atoms with van der Waals surface area (Å²) in [5.41, 5.74) is 9.38. The summed E-state index contributed by atoms with van der Waals surface area (Å²) in [4.78, 5) is 27.9. The number of nitrogens with two attached hydrogens (primary N) is 1. The van der Waals surface area contributed by atoms with Gasteiger partial charge in [0.15, 0.2) is 0 Å². The standard InChI is InChI=1S/C27H32N6O4S.ClH/c28-26(29)22-11-9-20(10-12-22)19-33(27(35)32-15-5-1-2-6-16-32)31-25(34)18-30-38(36,37)24-14-13-21-7-3-4-8-23(21)17-24;/h3-4,7-14,17,30H,1-2,5-6,15-16,18-19H2,(H3,28,29)(H,31,34);1H. The number of likely N-dealkylation sites (tertiary alicyclic amines) is 1. The minimum Gasteiger partial charge on any atom is -0.384 e. The van der Waals surface area contributed by atoms with Crippen molar-refractivity contribution in [2.45, 2.75) is 37.1 Å². The summed E-state index contributed by atoms with van der Waals surface area (Å²) in [5, 5.41) is 10.4. The van der Waals surface area contributed by atoms with Crippen molar-refractivity contribution in [3.8, 4) is 0 Å². The van der Waals surface area contributed by atoms with Gasteiger partial charge >= 0.3 is 6.03 Å². The Morgan fingerprint density at radius 3 is 2.21 bits per heavy atom. The molecule has 0 spiro atoms. The molecule has 1 saturated heterocycles. The van der Waals surface area contributed by atoms with Gasteiger partial charge in [-0.1, -0.05) is 67.4 Å². The van der Waals surface area contributed by atoms with E-state index in [1.165, 1.54) is 11.1 Å². The monoisotopic (exact) mass is 572 g/mol. The van der Waals surface area contributed by atoms with E-state index in [-0.39, 0.29) is 35.7 Å². The summed E-state index contributed by atoms with van der Waals surface area (Å²) in [6.45, 7) is 0.699. The van der Waals surface area contributed by atoms with Crippen molar-refractivity contribution in [1.82, 2.24) is 20.1 Å². The van der Waals surface area contributed by atoms with Gasteiger partial charge in [0, 0.05) is 18.7 Å². The predicted octanol–water partition coefficient (Wildman–Crippen LogP) is 3.35.